The molecule has 7 heteroatoms. The molecular weight excluding hydrogens is 372 g/mol. The van der Waals surface area contributed by atoms with E-state index in [0.717, 1.165) is 17.7 Å². The molecule has 0 atom stereocenters. The summed E-state index contributed by atoms with van der Waals surface area (Å²) in [6, 6.07) is 1.77. The number of rotatable bonds is 9. The fourth-order valence-corrected chi connectivity index (χ4v) is 6.38. The molecular formula is C14H25BrN2O2S2. The Morgan fingerprint density at radius 3 is 2.43 bits per heavy atom. The molecule has 0 aliphatic heterocycles. The molecule has 1 aromatic heterocycles. The highest BCUT2D eigenvalue weighted by Crippen LogP contribution is 2.34. The minimum Gasteiger partial charge on any atom is -0.315 e. The first-order valence-corrected chi connectivity index (χ1v) is 10.4. The zero-order valence-corrected chi connectivity index (χ0v) is 16.4. The van der Waals surface area contributed by atoms with Crippen molar-refractivity contribution in [2.75, 3.05) is 20.1 Å². The molecule has 1 rings (SSSR count). The molecule has 1 heterocycles. The first kappa shape index (κ1) is 19.1. The van der Waals surface area contributed by atoms with Gasteiger partial charge in [0, 0.05) is 24.5 Å². The Balaban J connectivity index is 3.06. The zero-order valence-electron chi connectivity index (χ0n) is 13.1. The van der Waals surface area contributed by atoms with E-state index in [4.69, 9.17) is 0 Å². The highest BCUT2D eigenvalue weighted by Gasteiger charge is 2.28. The van der Waals surface area contributed by atoms with E-state index in [0.29, 0.717) is 34.2 Å². The summed E-state index contributed by atoms with van der Waals surface area (Å²) in [7, 11) is -1.57. The summed E-state index contributed by atoms with van der Waals surface area (Å²) in [6.07, 6.45) is 2.00. The number of sulfonamides is 1. The topological polar surface area (TPSA) is 49.4 Å². The lowest BCUT2D eigenvalue weighted by molar-refractivity contribution is 0.339. The van der Waals surface area contributed by atoms with E-state index in [1.165, 1.54) is 11.3 Å². The second-order valence-corrected chi connectivity index (χ2v) is 9.38. The van der Waals surface area contributed by atoms with Crippen molar-refractivity contribution in [1.82, 2.24) is 9.62 Å². The third-order valence-electron chi connectivity index (χ3n) is 3.64. The second kappa shape index (κ2) is 8.62. The summed E-state index contributed by atoms with van der Waals surface area (Å²) in [5.41, 5.74) is 0. The largest absolute Gasteiger partial charge is 0.315 e. The van der Waals surface area contributed by atoms with Crippen molar-refractivity contribution < 1.29 is 8.42 Å². The van der Waals surface area contributed by atoms with E-state index in [9.17, 15) is 8.42 Å². The van der Waals surface area contributed by atoms with Crippen molar-refractivity contribution in [3.05, 3.63) is 14.7 Å². The van der Waals surface area contributed by atoms with Gasteiger partial charge in [0.2, 0.25) is 10.0 Å². The van der Waals surface area contributed by atoms with E-state index >= 15 is 0 Å². The molecule has 0 radical (unpaired) electrons. The van der Waals surface area contributed by atoms with Gasteiger partial charge >= 0.3 is 0 Å². The highest BCUT2D eigenvalue weighted by atomic mass is 79.9. The second-order valence-electron chi connectivity index (χ2n) is 5.02. The lowest BCUT2D eigenvalue weighted by Gasteiger charge is -2.24. The molecule has 0 unspecified atom stereocenters. The number of thiophene rings is 1. The van der Waals surface area contributed by atoms with Gasteiger partial charge in [-0.3, -0.25) is 0 Å². The first-order valence-electron chi connectivity index (χ1n) is 7.33. The third-order valence-corrected chi connectivity index (χ3v) is 7.84. The minimum atomic E-state index is -3.43. The summed E-state index contributed by atoms with van der Waals surface area (Å²) >= 11 is 4.88. The number of halogens is 1. The van der Waals surface area contributed by atoms with E-state index < -0.39 is 10.0 Å². The van der Waals surface area contributed by atoms with E-state index in [1.54, 1.807) is 10.4 Å². The van der Waals surface area contributed by atoms with Crippen LogP contribution in [0.15, 0.2) is 14.7 Å². The molecule has 1 aromatic rings. The SMILES string of the molecule is CCC(CC)CN(CC)S(=O)(=O)c1cc(CNC)sc1Br. The molecule has 0 aromatic carbocycles. The fourth-order valence-electron chi connectivity index (χ4n) is 2.21. The van der Waals surface area contributed by atoms with Crippen molar-refractivity contribution in [2.24, 2.45) is 5.92 Å². The van der Waals surface area contributed by atoms with Gasteiger partial charge in [-0.2, -0.15) is 4.31 Å². The van der Waals surface area contributed by atoms with Crippen molar-refractivity contribution in [3.63, 3.8) is 0 Å². The molecule has 0 fully saturated rings. The summed E-state index contributed by atoms with van der Waals surface area (Å²) in [6.45, 7) is 7.89. The average molecular weight is 397 g/mol. The highest BCUT2D eigenvalue weighted by molar-refractivity contribution is 9.11. The molecule has 0 amide bonds. The Bertz CT molecular complexity index is 539. The van der Waals surface area contributed by atoms with Gasteiger partial charge in [0.15, 0.2) is 0 Å². The van der Waals surface area contributed by atoms with Crippen molar-refractivity contribution in [1.29, 1.82) is 0 Å². The van der Waals surface area contributed by atoms with Gasteiger partial charge in [-0.1, -0.05) is 33.6 Å². The van der Waals surface area contributed by atoms with Crippen LogP contribution in [0.3, 0.4) is 0 Å². The van der Waals surface area contributed by atoms with Crippen LogP contribution in [0.2, 0.25) is 0 Å². The van der Waals surface area contributed by atoms with Crippen LogP contribution in [0, 0.1) is 5.92 Å². The molecule has 21 heavy (non-hydrogen) atoms. The molecule has 1 N–H and O–H groups in total. The Morgan fingerprint density at radius 2 is 1.95 bits per heavy atom. The molecule has 0 bridgehead atoms. The lowest BCUT2D eigenvalue weighted by atomic mass is 10.0. The maximum absolute atomic E-state index is 12.9. The van der Waals surface area contributed by atoms with E-state index in [-0.39, 0.29) is 0 Å². The summed E-state index contributed by atoms with van der Waals surface area (Å²) in [5, 5.41) is 3.05. The molecule has 0 aliphatic rings. The van der Waals surface area contributed by atoms with Crippen LogP contribution in [0.25, 0.3) is 0 Å². The monoisotopic (exact) mass is 396 g/mol. The Hall–Kier alpha value is 0.0500. The predicted molar refractivity (Wildman–Crippen MR) is 93.3 cm³/mol. The predicted octanol–water partition coefficient (Wildman–Crippen LogP) is 3.68. The maximum atomic E-state index is 12.9. The van der Waals surface area contributed by atoms with Gasteiger partial charge in [-0.15, -0.1) is 11.3 Å². The van der Waals surface area contributed by atoms with Crippen LogP contribution in [-0.2, 0) is 16.6 Å². The van der Waals surface area contributed by atoms with Crippen LogP contribution < -0.4 is 5.32 Å². The van der Waals surface area contributed by atoms with Gasteiger partial charge in [0.05, 0.1) is 3.79 Å². The maximum Gasteiger partial charge on any atom is 0.245 e. The summed E-state index contributed by atoms with van der Waals surface area (Å²) < 4.78 is 28.0. The Morgan fingerprint density at radius 1 is 1.33 bits per heavy atom. The quantitative estimate of drug-likeness (QED) is 0.692. The molecule has 0 saturated carbocycles. The number of nitrogens with zero attached hydrogens (tertiary/aromatic N) is 1. The van der Waals surface area contributed by atoms with Crippen LogP contribution >= 0.6 is 27.3 Å². The fraction of sp³-hybridized carbons (Fsp3) is 0.714. The van der Waals surface area contributed by atoms with Crippen LogP contribution in [0.1, 0.15) is 38.5 Å². The normalized spacial score (nSPS) is 12.5. The molecule has 0 spiro atoms. The van der Waals surface area contributed by atoms with Gasteiger partial charge in [-0.25, -0.2) is 8.42 Å². The average Bonchev–Trinajstić information content (AvgIpc) is 2.82. The van der Waals surface area contributed by atoms with Crippen LogP contribution in [-0.4, -0.2) is 32.9 Å². The van der Waals surface area contributed by atoms with Crippen molar-refractivity contribution in [3.8, 4) is 0 Å². The summed E-state index contributed by atoms with van der Waals surface area (Å²) in [5.74, 6) is 0.411. The molecule has 122 valence electrons. The Kier molecular flexibility index (Phi) is 7.84. The van der Waals surface area contributed by atoms with E-state index in [2.05, 4.69) is 35.1 Å². The summed E-state index contributed by atoms with van der Waals surface area (Å²) in [4.78, 5) is 1.41. The minimum absolute atomic E-state index is 0.394. The van der Waals surface area contributed by atoms with E-state index in [1.807, 2.05) is 14.0 Å². The van der Waals surface area contributed by atoms with Crippen LogP contribution in [0.5, 0.6) is 0 Å². The first-order chi connectivity index (χ1) is 9.90. The molecule has 0 saturated heterocycles. The molecule has 0 aliphatic carbocycles. The van der Waals surface area contributed by atoms with Crippen molar-refractivity contribution in [2.45, 2.75) is 45.1 Å². The number of nitrogens with one attached hydrogen (secondary N) is 1. The lowest BCUT2D eigenvalue weighted by Crippen LogP contribution is -2.35. The van der Waals surface area contributed by atoms with Crippen LogP contribution in [0.4, 0.5) is 0 Å². The van der Waals surface area contributed by atoms with Gasteiger partial charge < -0.3 is 5.32 Å². The van der Waals surface area contributed by atoms with Gasteiger partial charge in [0.1, 0.15) is 4.90 Å². The number of hydrogen-bond acceptors (Lipinski definition) is 4. The third kappa shape index (κ3) is 4.76. The Labute approximate surface area is 141 Å². The number of hydrogen-bond donors (Lipinski definition) is 1. The van der Waals surface area contributed by atoms with Gasteiger partial charge in [0.25, 0.3) is 0 Å². The van der Waals surface area contributed by atoms with Crippen molar-refractivity contribution >= 4 is 37.3 Å². The smallest absolute Gasteiger partial charge is 0.245 e. The van der Waals surface area contributed by atoms with Gasteiger partial charge in [-0.05, 0) is 35.0 Å². The zero-order chi connectivity index (χ0) is 16.0. The molecule has 4 nitrogen and oxygen atoms in total. The standard InChI is InChI=1S/C14H25BrN2O2S2/c1-5-11(6-2)10-17(7-3)21(18,19)13-8-12(9-16-4)20-14(13)15/h8,11,16H,5-7,9-10H2,1-4H3.